The number of unbranched alkanes of at least 4 members (excludes halogenated alkanes) is 1. The molecule has 0 saturated carbocycles. The molecule has 1 amide bonds. The summed E-state index contributed by atoms with van der Waals surface area (Å²) in [6, 6.07) is 5.25. The fourth-order valence-corrected chi connectivity index (χ4v) is 4.69. The van der Waals surface area contributed by atoms with Crippen LogP contribution < -0.4 is 20.3 Å². The van der Waals surface area contributed by atoms with Gasteiger partial charge in [-0.05, 0) is 36.8 Å². The van der Waals surface area contributed by atoms with Crippen molar-refractivity contribution in [3.8, 4) is 39.8 Å². The third-order valence-electron chi connectivity index (χ3n) is 5.71. The lowest BCUT2D eigenvalue weighted by Crippen LogP contribution is -2.23. The van der Waals surface area contributed by atoms with Crippen molar-refractivity contribution in [2.24, 2.45) is 0 Å². The molecule has 11 heteroatoms. The Balaban J connectivity index is 1.74. The van der Waals surface area contributed by atoms with Crippen molar-refractivity contribution >= 4 is 17.7 Å². The van der Waals surface area contributed by atoms with E-state index in [1.807, 2.05) is 24.5 Å². The molecule has 0 atom stereocenters. The molecule has 0 radical (unpaired) electrons. The van der Waals surface area contributed by atoms with Crippen LogP contribution in [0.5, 0.6) is 17.2 Å². The van der Waals surface area contributed by atoms with Crippen LogP contribution >= 0.6 is 11.8 Å². The maximum absolute atomic E-state index is 13.1. The molecule has 194 valence electrons. The fourth-order valence-electron chi connectivity index (χ4n) is 3.97. The predicted octanol–water partition coefficient (Wildman–Crippen LogP) is 4.31. The van der Waals surface area contributed by atoms with E-state index in [0.717, 1.165) is 24.3 Å². The average molecular weight is 525 g/mol. The minimum atomic E-state index is -0.587. The van der Waals surface area contributed by atoms with Gasteiger partial charge in [-0.25, -0.2) is 0 Å². The van der Waals surface area contributed by atoms with E-state index in [1.54, 1.807) is 18.2 Å². The first-order chi connectivity index (χ1) is 18.0. The first kappa shape index (κ1) is 26.1. The maximum Gasteiger partial charge on any atom is 0.264 e. The number of hydrogen-bond donors (Lipinski definition) is 3. The molecule has 0 aliphatic carbocycles. The Morgan fingerprint density at radius 2 is 1.95 bits per heavy atom. The molecule has 10 nitrogen and oxygen atoms in total. The summed E-state index contributed by atoms with van der Waals surface area (Å²) in [5.41, 5.74) is 0.584. The molecule has 3 N–H and O–H groups in total. The zero-order chi connectivity index (χ0) is 26.4. The minimum absolute atomic E-state index is 0.00901. The smallest absolute Gasteiger partial charge is 0.264 e. The zero-order valence-electron chi connectivity index (χ0n) is 20.8. The predicted molar refractivity (Wildman–Crippen MR) is 140 cm³/mol. The van der Waals surface area contributed by atoms with Crippen LogP contribution in [0.3, 0.4) is 0 Å². The molecule has 0 bridgehead atoms. The number of methoxy groups -OCH3 is 2. The topological polar surface area (TPSA) is 140 Å². The summed E-state index contributed by atoms with van der Waals surface area (Å²) in [6.07, 6.45) is 6.61. The number of aromatic hydroxyl groups is 1. The number of hydrogen-bond acceptors (Lipinski definition) is 9. The van der Waals surface area contributed by atoms with E-state index in [9.17, 15) is 14.7 Å². The van der Waals surface area contributed by atoms with Crippen LogP contribution in [0.15, 0.2) is 50.0 Å². The number of amides is 1. The van der Waals surface area contributed by atoms with Gasteiger partial charge >= 0.3 is 0 Å². The van der Waals surface area contributed by atoms with Crippen molar-refractivity contribution < 1.29 is 23.8 Å². The lowest BCUT2D eigenvalue weighted by molar-refractivity contribution is -0.119. The van der Waals surface area contributed by atoms with Gasteiger partial charge in [-0.1, -0.05) is 43.3 Å². The highest BCUT2D eigenvalue weighted by Gasteiger charge is 2.27. The lowest BCUT2D eigenvalue weighted by atomic mass is 9.96. The normalized spacial score (nSPS) is 12.8. The number of carbonyl (C=O) groups excluding carboxylic acids is 1. The van der Waals surface area contributed by atoms with Crippen LogP contribution in [-0.4, -0.2) is 40.4 Å². The largest absolute Gasteiger partial charge is 0.506 e. The first-order valence-electron chi connectivity index (χ1n) is 11.8. The van der Waals surface area contributed by atoms with Gasteiger partial charge in [0.25, 0.3) is 11.4 Å². The quantitative estimate of drug-likeness (QED) is 0.354. The van der Waals surface area contributed by atoms with Gasteiger partial charge in [0.15, 0.2) is 0 Å². The number of aromatic nitrogens is 3. The Bertz CT molecular complexity index is 1390. The van der Waals surface area contributed by atoms with Crippen molar-refractivity contribution in [3.63, 3.8) is 0 Å². The third kappa shape index (κ3) is 5.72. The van der Waals surface area contributed by atoms with E-state index in [0.29, 0.717) is 34.7 Å². The highest BCUT2D eigenvalue weighted by molar-refractivity contribution is 8.05. The van der Waals surface area contributed by atoms with Gasteiger partial charge < -0.3 is 29.3 Å². The second-order valence-electron chi connectivity index (χ2n) is 8.19. The summed E-state index contributed by atoms with van der Waals surface area (Å²) < 4.78 is 16.8. The van der Waals surface area contributed by atoms with E-state index in [-0.39, 0.29) is 35.4 Å². The lowest BCUT2D eigenvalue weighted by Gasteiger charge is -2.18. The van der Waals surface area contributed by atoms with Gasteiger partial charge in [0.05, 0.1) is 30.4 Å². The van der Waals surface area contributed by atoms with Gasteiger partial charge in [-0.2, -0.15) is 0 Å². The Labute approximate surface area is 217 Å². The highest BCUT2D eigenvalue weighted by atomic mass is 32.2. The van der Waals surface area contributed by atoms with Gasteiger partial charge in [0, 0.05) is 5.69 Å². The van der Waals surface area contributed by atoms with Crippen molar-refractivity contribution in [2.75, 3.05) is 14.2 Å². The van der Waals surface area contributed by atoms with Crippen molar-refractivity contribution in [2.45, 2.75) is 39.0 Å². The average Bonchev–Trinajstić information content (AvgIpc) is 3.35. The second-order valence-corrected chi connectivity index (χ2v) is 9.14. The van der Waals surface area contributed by atoms with Crippen LogP contribution in [0.2, 0.25) is 0 Å². The van der Waals surface area contributed by atoms with Crippen LogP contribution in [0.25, 0.3) is 22.6 Å². The summed E-state index contributed by atoms with van der Waals surface area (Å²) in [5, 5.41) is 24.7. The van der Waals surface area contributed by atoms with Crippen molar-refractivity contribution in [1.82, 2.24) is 20.5 Å². The minimum Gasteiger partial charge on any atom is -0.506 e. The number of pyridine rings is 1. The molecule has 37 heavy (non-hydrogen) atoms. The van der Waals surface area contributed by atoms with Gasteiger partial charge in [-0.15, -0.1) is 10.2 Å². The van der Waals surface area contributed by atoms with E-state index in [1.165, 1.54) is 26.0 Å². The molecule has 0 fully saturated rings. The Hall–Kier alpha value is -3.99. The zero-order valence-corrected chi connectivity index (χ0v) is 21.6. The molecule has 1 aromatic carbocycles. The summed E-state index contributed by atoms with van der Waals surface area (Å²) >= 11 is 1.40. The SMILES string of the molecule is CCCCc1[nH]c(=O)c(-c2nnc(CC(=O)NC3=CCC=CS3)o2)c(O)c1-c1c(OC)cccc1OC. The van der Waals surface area contributed by atoms with E-state index >= 15 is 0 Å². The van der Waals surface area contributed by atoms with Gasteiger partial charge in [0.1, 0.15) is 29.2 Å². The van der Waals surface area contributed by atoms with E-state index in [4.69, 9.17) is 13.9 Å². The number of ether oxygens (including phenoxy) is 2. The van der Waals surface area contributed by atoms with Crippen LogP contribution in [0.1, 0.15) is 37.8 Å². The van der Waals surface area contributed by atoms with Crippen molar-refractivity contribution in [1.29, 1.82) is 0 Å². The number of aromatic amines is 1. The summed E-state index contributed by atoms with van der Waals surface area (Å²) in [6.45, 7) is 2.03. The fraction of sp³-hybridized carbons (Fsp3) is 0.308. The number of carbonyl (C=O) groups is 1. The molecular weight excluding hydrogens is 496 g/mol. The molecule has 0 unspecified atom stereocenters. The number of allylic oxidation sites excluding steroid dienone is 2. The Morgan fingerprint density at radius 3 is 2.59 bits per heavy atom. The Kier molecular flexibility index (Phi) is 8.34. The maximum atomic E-state index is 13.1. The Morgan fingerprint density at radius 1 is 1.19 bits per heavy atom. The summed E-state index contributed by atoms with van der Waals surface area (Å²) in [5.74, 6) is 0.0447. The molecule has 1 aliphatic heterocycles. The number of rotatable bonds is 10. The highest BCUT2D eigenvalue weighted by Crippen LogP contribution is 2.46. The molecule has 4 rings (SSSR count). The van der Waals surface area contributed by atoms with Gasteiger partial charge in [-0.3, -0.25) is 9.59 Å². The number of aryl methyl sites for hydroxylation is 1. The molecule has 2 aromatic heterocycles. The molecule has 1 aliphatic rings. The standard InChI is InChI=1S/C26H28N4O6S/c1-4-5-9-15-21(22-16(34-2)10-8-11-17(22)35-3)24(32)23(25(33)27-15)26-30-29-19(36-26)14-18(31)28-20-12-6-7-13-37-20/h7-8,10-13H,4-6,9,14H2,1-3H3,(H,28,31)(H2,27,32,33). The number of nitrogens with one attached hydrogen (secondary N) is 2. The molecule has 0 spiro atoms. The third-order valence-corrected chi connectivity index (χ3v) is 6.56. The number of nitrogens with zero attached hydrogens (tertiary/aromatic N) is 2. The molecular formula is C26H28N4O6S. The van der Waals surface area contributed by atoms with Crippen LogP contribution in [0, 0.1) is 0 Å². The monoisotopic (exact) mass is 524 g/mol. The number of H-pyrrole nitrogens is 1. The first-order valence-corrected chi connectivity index (χ1v) is 12.7. The van der Waals surface area contributed by atoms with E-state index < -0.39 is 5.56 Å². The van der Waals surface area contributed by atoms with Crippen molar-refractivity contribution in [3.05, 3.63) is 62.7 Å². The summed E-state index contributed by atoms with van der Waals surface area (Å²) in [7, 11) is 3.03. The van der Waals surface area contributed by atoms with Crippen LogP contribution in [-0.2, 0) is 17.6 Å². The van der Waals surface area contributed by atoms with Crippen LogP contribution in [0.4, 0.5) is 0 Å². The van der Waals surface area contributed by atoms with E-state index in [2.05, 4.69) is 20.5 Å². The molecule has 3 heterocycles. The molecule has 3 aromatic rings. The number of thioether (sulfide) groups is 1. The summed E-state index contributed by atoms with van der Waals surface area (Å²) in [4.78, 5) is 28.4. The number of benzene rings is 1. The second kappa shape index (κ2) is 11.8. The van der Waals surface area contributed by atoms with Gasteiger partial charge in [0.2, 0.25) is 11.8 Å². The molecule has 0 saturated heterocycles.